The van der Waals surface area contributed by atoms with Crippen molar-refractivity contribution in [1.29, 1.82) is 0 Å². The molecular formula is C16H23N. The van der Waals surface area contributed by atoms with E-state index in [1.54, 1.807) is 0 Å². The molecule has 0 atom stereocenters. The smallest absolute Gasteiger partial charge is 0.00683 e. The normalized spacial score (nSPS) is 15.6. The van der Waals surface area contributed by atoms with Crippen LogP contribution in [0.5, 0.6) is 0 Å². The Bertz CT molecular complexity index is 346. The molecule has 1 N–H and O–H groups in total. The molecular weight excluding hydrogens is 206 g/mol. The average molecular weight is 229 g/mol. The highest BCUT2D eigenvalue weighted by molar-refractivity contribution is 5.49. The van der Waals surface area contributed by atoms with Crippen LogP contribution in [0.3, 0.4) is 0 Å². The molecule has 1 aromatic carbocycles. The van der Waals surface area contributed by atoms with Crippen LogP contribution in [-0.2, 0) is 6.42 Å². The monoisotopic (exact) mass is 229 g/mol. The molecule has 0 radical (unpaired) electrons. The molecule has 0 amide bonds. The summed E-state index contributed by atoms with van der Waals surface area (Å²) in [5, 5.41) is 3.52. The van der Waals surface area contributed by atoms with Crippen molar-refractivity contribution in [1.82, 2.24) is 5.32 Å². The number of nitrogens with one attached hydrogen (secondary N) is 1. The Kier molecular flexibility index (Phi) is 4.81. The van der Waals surface area contributed by atoms with Crippen LogP contribution < -0.4 is 5.32 Å². The Morgan fingerprint density at radius 3 is 2.65 bits per heavy atom. The van der Waals surface area contributed by atoms with Gasteiger partial charge in [-0.1, -0.05) is 49.8 Å². The largest absolute Gasteiger partial charge is 0.314 e. The van der Waals surface area contributed by atoms with E-state index in [-0.39, 0.29) is 0 Å². The minimum absolute atomic E-state index is 0.830. The summed E-state index contributed by atoms with van der Waals surface area (Å²) in [6, 6.07) is 9.75. The van der Waals surface area contributed by atoms with Gasteiger partial charge in [0.2, 0.25) is 0 Å². The first kappa shape index (κ1) is 12.4. The van der Waals surface area contributed by atoms with Crippen LogP contribution in [0.25, 0.3) is 6.08 Å². The van der Waals surface area contributed by atoms with E-state index in [0.717, 1.165) is 19.0 Å². The Labute approximate surface area is 105 Å². The summed E-state index contributed by atoms with van der Waals surface area (Å²) in [6.45, 7) is 3.34. The maximum atomic E-state index is 3.52. The third-order valence-electron chi connectivity index (χ3n) is 3.15. The van der Waals surface area contributed by atoms with Gasteiger partial charge >= 0.3 is 0 Å². The number of benzene rings is 1. The fourth-order valence-corrected chi connectivity index (χ4v) is 1.96. The third-order valence-corrected chi connectivity index (χ3v) is 3.15. The van der Waals surface area contributed by atoms with Crippen molar-refractivity contribution in [2.24, 2.45) is 0 Å². The molecule has 0 unspecified atom stereocenters. The molecule has 0 heterocycles. The van der Waals surface area contributed by atoms with Gasteiger partial charge in [0.1, 0.15) is 0 Å². The van der Waals surface area contributed by atoms with E-state index >= 15 is 0 Å². The van der Waals surface area contributed by atoms with Crippen LogP contribution in [0.15, 0.2) is 30.3 Å². The van der Waals surface area contributed by atoms with Crippen LogP contribution in [0, 0.1) is 0 Å². The summed E-state index contributed by atoms with van der Waals surface area (Å²) in [4.78, 5) is 0. The lowest BCUT2D eigenvalue weighted by Gasteiger charge is -2.00. The Balaban J connectivity index is 1.70. The van der Waals surface area contributed by atoms with Gasteiger partial charge < -0.3 is 5.32 Å². The van der Waals surface area contributed by atoms with Gasteiger partial charge in [0.25, 0.3) is 0 Å². The fourth-order valence-electron chi connectivity index (χ4n) is 1.96. The molecule has 1 nitrogen and oxygen atoms in total. The highest BCUT2D eigenvalue weighted by Gasteiger charge is 2.19. The quantitative estimate of drug-likeness (QED) is 0.701. The number of hydrogen-bond donors (Lipinski definition) is 1. The third kappa shape index (κ3) is 4.74. The van der Waals surface area contributed by atoms with Gasteiger partial charge in [0, 0.05) is 6.04 Å². The molecule has 1 aliphatic rings. The second kappa shape index (κ2) is 6.61. The molecule has 1 fully saturated rings. The zero-order valence-corrected chi connectivity index (χ0v) is 10.8. The number of rotatable bonds is 7. The molecule has 0 spiro atoms. The van der Waals surface area contributed by atoms with E-state index in [4.69, 9.17) is 0 Å². The minimum atomic E-state index is 0.830. The lowest BCUT2D eigenvalue weighted by Crippen LogP contribution is -2.16. The summed E-state index contributed by atoms with van der Waals surface area (Å²) in [5.41, 5.74) is 2.76. The van der Waals surface area contributed by atoms with Crippen molar-refractivity contribution in [2.45, 2.75) is 45.1 Å². The maximum Gasteiger partial charge on any atom is 0.00683 e. The molecule has 1 aliphatic carbocycles. The first-order chi connectivity index (χ1) is 8.38. The maximum absolute atomic E-state index is 3.52. The van der Waals surface area contributed by atoms with Crippen molar-refractivity contribution in [3.63, 3.8) is 0 Å². The molecule has 1 saturated carbocycles. The minimum Gasteiger partial charge on any atom is -0.314 e. The summed E-state index contributed by atoms with van der Waals surface area (Å²) in [6.07, 6.45) is 10.8. The van der Waals surface area contributed by atoms with Crippen molar-refractivity contribution in [3.8, 4) is 0 Å². The van der Waals surface area contributed by atoms with Crippen molar-refractivity contribution in [3.05, 3.63) is 41.5 Å². The summed E-state index contributed by atoms with van der Waals surface area (Å²) >= 11 is 0. The van der Waals surface area contributed by atoms with Gasteiger partial charge in [-0.15, -0.1) is 0 Å². The van der Waals surface area contributed by atoms with Crippen LogP contribution in [-0.4, -0.2) is 12.6 Å². The highest BCUT2D eigenvalue weighted by Crippen LogP contribution is 2.18. The Morgan fingerprint density at radius 1 is 1.24 bits per heavy atom. The molecule has 1 heteroatoms. The topological polar surface area (TPSA) is 12.0 Å². The molecule has 1 aromatic rings. The van der Waals surface area contributed by atoms with Crippen LogP contribution >= 0.6 is 0 Å². The van der Waals surface area contributed by atoms with Crippen LogP contribution in [0.1, 0.15) is 43.7 Å². The zero-order valence-electron chi connectivity index (χ0n) is 10.8. The second-order valence-corrected chi connectivity index (χ2v) is 4.91. The summed E-state index contributed by atoms with van der Waals surface area (Å²) in [5.74, 6) is 0. The predicted octanol–water partition coefficient (Wildman–Crippen LogP) is 3.79. The van der Waals surface area contributed by atoms with Crippen LogP contribution in [0.4, 0.5) is 0 Å². The predicted molar refractivity (Wildman–Crippen MR) is 75.1 cm³/mol. The molecule has 0 aliphatic heterocycles. The van der Waals surface area contributed by atoms with Gasteiger partial charge in [-0.3, -0.25) is 0 Å². The average Bonchev–Trinajstić information content (AvgIpc) is 3.15. The van der Waals surface area contributed by atoms with Gasteiger partial charge in [-0.2, -0.15) is 0 Å². The van der Waals surface area contributed by atoms with Gasteiger partial charge in [0.05, 0.1) is 0 Å². The fraction of sp³-hybridized carbons (Fsp3) is 0.500. The molecule has 2 rings (SSSR count). The molecule has 0 bridgehead atoms. The molecule has 17 heavy (non-hydrogen) atoms. The van der Waals surface area contributed by atoms with E-state index < -0.39 is 0 Å². The van der Waals surface area contributed by atoms with E-state index in [0.29, 0.717) is 0 Å². The first-order valence-corrected chi connectivity index (χ1v) is 6.87. The lowest BCUT2D eigenvalue weighted by atomic mass is 10.1. The Hall–Kier alpha value is -1.08. The van der Waals surface area contributed by atoms with Gasteiger partial charge in [-0.25, -0.2) is 0 Å². The van der Waals surface area contributed by atoms with E-state index in [2.05, 4.69) is 48.7 Å². The lowest BCUT2D eigenvalue weighted by molar-refractivity contribution is 0.691. The SMILES string of the molecule is CCCc1ccc(C=CCCNC2CC2)cc1. The van der Waals surface area contributed by atoms with E-state index in [1.165, 1.54) is 36.8 Å². The van der Waals surface area contributed by atoms with E-state index in [1.807, 2.05) is 0 Å². The van der Waals surface area contributed by atoms with Crippen molar-refractivity contribution >= 4 is 6.08 Å². The summed E-state index contributed by atoms with van der Waals surface area (Å²) in [7, 11) is 0. The standard InChI is InChI=1S/C16H23N/c1-2-5-14-7-9-15(10-8-14)6-3-4-13-17-16-11-12-16/h3,6-10,16-17H,2,4-5,11-13H2,1H3. The van der Waals surface area contributed by atoms with Gasteiger partial charge in [-0.05, 0) is 43.4 Å². The Morgan fingerprint density at radius 2 is 2.00 bits per heavy atom. The van der Waals surface area contributed by atoms with Crippen molar-refractivity contribution < 1.29 is 0 Å². The number of aryl methyl sites for hydroxylation is 1. The number of hydrogen-bond acceptors (Lipinski definition) is 1. The molecule has 0 aromatic heterocycles. The van der Waals surface area contributed by atoms with Crippen LogP contribution in [0.2, 0.25) is 0 Å². The molecule has 92 valence electrons. The van der Waals surface area contributed by atoms with E-state index in [9.17, 15) is 0 Å². The zero-order chi connectivity index (χ0) is 11.9. The van der Waals surface area contributed by atoms with Crippen molar-refractivity contribution in [2.75, 3.05) is 6.54 Å². The second-order valence-electron chi connectivity index (χ2n) is 4.91. The molecule has 0 saturated heterocycles. The van der Waals surface area contributed by atoms with Gasteiger partial charge in [0.15, 0.2) is 0 Å². The summed E-state index contributed by atoms with van der Waals surface area (Å²) < 4.78 is 0. The highest BCUT2D eigenvalue weighted by atomic mass is 14.9. The first-order valence-electron chi connectivity index (χ1n) is 6.87.